The number of sulfonamides is 2. The molecule has 37 heavy (non-hydrogen) atoms. The van der Waals surface area contributed by atoms with Gasteiger partial charge in [-0.2, -0.15) is 0 Å². The molecule has 0 aliphatic carbocycles. The lowest BCUT2D eigenvalue weighted by molar-refractivity contribution is -0.116. The number of nitrogens with one attached hydrogen (secondary N) is 2. The molecule has 0 fully saturated rings. The fourth-order valence-electron chi connectivity index (χ4n) is 3.47. The molecule has 12 heteroatoms. The third-order valence-electron chi connectivity index (χ3n) is 5.57. The van der Waals surface area contributed by atoms with Crippen LogP contribution in [-0.4, -0.2) is 35.5 Å². The molecule has 3 aromatic rings. The van der Waals surface area contributed by atoms with Gasteiger partial charge in [-0.25, -0.2) is 16.8 Å². The van der Waals surface area contributed by atoms with Gasteiger partial charge in [-0.1, -0.05) is 29.3 Å². The number of benzene rings is 3. The predicted molar refractivity (Wildman–Crippen MR) is 150 cm³/mol. The van der Waals surface area contributed by atoms with Crippen LogP contribution in [0.5, 0.6) is 0 Å². The van der Waals surface area contributed by atoms with Gasteiger partial charge in [0, 0.05) is 23.7 Å². The largest absolute Gasteiger partial charge is 0.326 e. The van der Waals surface area contributed by atoms with E-state index >= 15 is 0 Å². The van der Waals surface area contributed by atoms with Crippen molar-refractivity contribution in [3.05, 3.63) is 81.8 Å². The Bertz CT molecular complexity index is 1510. The number of amides is 1. The van der Waals surface area contributed by atoms with Gasteiger partial charge in [0.25, 0.3) is 10.0 Å². The molecule has 0 bridgehead atoms. The molecule has 0 spiro atoms. The number of hydrogen-bond acceptors (Lipinski definition) is 5. The van der Waals surface area contributed by atoms with Gasteiger partial charge >= 0.3 is 0 Å². The van der Waals surface area contributed by atoms with Crippen LogP contribution in [0.1, 0.15) is 24.0 Å². The van der Waals surface area contributed by atoms with E-state index in [9.17, 15) is 21.6 Å². The van der Waals surface area contributed by atoms with Crippen LogP contribution in [0.2, 0.25) is 10.0 Å². The van der Waals surface area contributed by atoms with Crippen LogP contribution in [0.4, 0.5) is 17.1 Å². The molecule has 2 N–H and O–H groups in total. The van der Waals surface area contributed by atoms with Gasteiger partial charge in [0.1, 0.15) is 0 Å². The lowest BCUT2D eigenvalue weighted by Gasteiger charge is -2.23. The minimum absolute atomic E-state index is 0.0197. The van der Waals surface area contributed by atoms with E-state index in [1.54, 1.807) is 6.07 Å². The number of rotatable bonds is 10. The molecule has 8 nitrogen and oxygen atoms in total. The van der Waals surface area contributed by atoms with Gasteiger partial charge in [0.05, 0.1) is 27.5 Å². The topological polar surface area (TPSA) is 113 Å². The second kappa shape index (κ2) is 11.7. The minimum Gasteiger partial charge on any atom is -0.326 e. The molecule has 0 heterocycles. The van der Waals surface area contributed by atoms with E-state index in [0.29, 0.717) is 22.8 Å². The number of nitrogens with zero attached hydrogens (tertiary/aromatic N) is 1. The maximum Gasteiger partial charge on any atom is 0.261 e. The third kappa shape index (κ3) is 7.85. The summed E-state index contributed by atoms with van der Waals surface area (Å²) in [7, 11) is -7.44. The van der Waals surface area contributed by atoms with Gasteiger partial charge in [-0.3, -0.25) is 13.8 Å². The number of anilines is 3. The molecule has 0 saturated carbocycles. The molecule has 0 saturated heterocycles. The number of aryl methyl sites for hydroxylation is 2. The molecular weight excluding hydrogens is 557 g/mol. The van der Waals surface area contributed by atoms with E-state index in [1.807, 2.05) is 26.0 Å². The Morgan fingerprint density at radius 2 is 1.57 bits per heavy atom. The highest BCUT2D eigenvalue weighted by Crippen LogP contribution is 2.28. The second-order valence-corrected chi connectivity index (χ2v) is 12.9. The molecular formula is C25H27Cl2N3O5S2. The van der Waals surface area contributed by atoms with Crippen LogP contribution in [0.3, 0.4) is 0 Å². The van der Waals surface area contributed by atoms with Crippen LogP contribution in [0.15, 0.2) is 65.6 Å². The standard InChI is InChI=1S/C25H27Cl2N3O5S2/c1-17-6-10-21(15-18(17)2)30(36(3,32)33)14-4-5-25(31)28-20-8-11-22(12-9-20)37(34,35)29-24-13-7-19(26)16-23(24)27/h6-13,15-16,29H,4-5,14H2,1-3H3,(H,28,31). The van der Waals surface area contributed by atoms with Crippen molar-refractivity contribution in [3.63, 3.8) is 0 Å². The summed E-state index contributed by atoms with van der Waals surface area (Å²) in [5.41, 5.74) is 3.17. The molecule has 0 aromatic heterocycles. The number of carbonyl (C=O) groups excluding carboxylic acids is 1. The Kier molecular flexibility index (Phi) is 9.12. The number of carbonyl (C=O) groups is 1. The van der Waals surface area contributed by atoms with Gasteiger partial charge < -0.3 is 5.32 Å². The molecule has 198 valence electrons. The van der Waals surface area contributed by atoms with Gasteiger partial charge in [0.15, 0.2) is 0 Å². The summed E-state index contributed by atoms with van der Waals surface area (Å²) >= 11 is 11.9. The molecule has 3 aromatic carbocycles. The summed E-state index contributed by atoms with van der Waals surface area (Å²) in [6.07, 6.45) is 1.51. The normalized spacial score (nSPS) is 11.7. The van der Waals surface area contributed by atoms with Crippen molar-refractivity contribution < 1.29 is 21.6 Å². The first-order valence-corrected chi connectivity index (χ1v) is 15.3. The van der Waals surface area contributed by atoms with E-state index in [0.717, 1.165) is 17.4 Å². The van der Waals surface area contributed by atoms with Gasteiger partial charge in [-0.15, -0.1) is 0 Å². The quantitative estimate of drug-likeness (QED) is 0.322. The maximum absolute atomic E-state index is 12.7. The van der Waals surface area contributed by atoms with E-state index in [2.05, 4.69) is 10.0 Å². The first-order chi connectivity index (χ1) is 17.3. The van der Waals surface area contributed by atoms with Crippen LogP contribution >= 0.6 is 23.2 Å². The second-order valence-electron chi connectivity index (χ2n) is 8.51. The molecule has 0 unspecified atom stereocenters. The molecule has 0 atom stereocenters. The highest BCUT2D eigenvalue weighted by molar-refractivity contribution is 7.92. The summed E-state index contributed by atoms with van der Waals surface area (Å²) in [4.78, 5) is 12.4. The Morgan fingerprint density at radius 3 is 2.16 bits per heavy atom. The lowest BCUT2D eigenvalue weighted by Crippen LogP contribution is -2.31. The zero-order valence-corrected chi connectivity index (χ0v) is 23.6. The predicted octanol–water partition coefficient (Wildman–Crippen LogP) is 5.60. The Balaban J connectivity index is 1.59. The lowest BCUT2D eigenvalue weighted by atomic mass is 10.1. The highest BCUT2D eigenvalue weighted by Gasteiger charge is 2.19. The SMILES string of the molecule is Cc1ccc(N(CCCC(=O)Nc2ccc(S(=O)(=O)Nc3ccc(Cl)cc3Cl)cc2)S(C)(=O)=O)cc1C. The third-order valence-corrected chi connectivity index (χ3v) is 8.69. The summed E-state index contributed by atoms with van der Waals surface area (Å²) in [6.45, 7) is 4.00. The van der Waals surface area contributed by atoms with Crippen molar-refractivity contribution in [3.8, 4) is 0 Å². The van der Waals surface area contributed by atoms with E-state index in [1.165, 1.54) is 46.8 Å². The van der Waals surface area contributed by atoms with E-state index in [-0.39, 0.29) is 34.5 Å². The smallest absolute Gasteiger partial charge is 0.261 e. The number of halogens is 2. The van der Waals surface area contributed by atoms with E-state index < -0.39 is 20.0 Å². The monoisotopic (exact) mass is 583 g/mol. The Hall–Kier alpha value is -2.79. The average molecular weight is 585 g/mol. The molecule has 0 radical (unpaired) electrons. The van der Waals surface area contributed by atoms with Crippen LogP contribution in [0.25, 0.3) is 0 Å². The minimum atomic E-state index is -3.92. The van der Waals surface area contributed by atoms with E-state index in [4.69, 9.17) is 23.2 Å². The fourth-order valence-corrected chi connectivity index (χ4v) is 6.02. The summed E-state index contributed by atoms with van der Waals surface area (Å²) in [5, 5.41) is 3.23. The molecule has 0 aliphatic heterocycles. The number of hydrogen-bond donors (Lipinski definition) is 2. The molecule has 1 amide bonds. The summed E-state index contributed by atoms with van der Waals surface area (Å²) in [5.74, 6) is -0.324. The average Bonchev–Trinajstić information content (AvgIpc) is 2.80. The molecule has 3 rings (SSSR count). The fraction of sp³-hybridized carbons (Fsp3) is 0.240. The van der Waals surface area contributed by atoms with Crippen molar-refractivity contribution in [2.24, 2.45) is 0 Å². The summed E-state index contributed by atoms with van der Waals surface area (Å²) in [6, 6.07) is 15.5. The highest BCUT2D eigenvalue weighted by atomic mass is 35.5. The van der Waals surface area contributed by atoms with Crippen molar-refractivity contribution in [1.82, 2.24) is 0 Å². The van der Waals surface area contributed by atoms with Crippen LogP contribution in [-0.2, 0) is 24.8 Å². The van der Waals surface area contributed by atoms with Crippen LogP contribution in [0, 0.1) is 13.8 Å². The van der Waals surface area contributed by atoms with Gasteiger partial charge in [-0.05, 0) is 86.0 Å². The Morgan fingerprint density at radius 1 is 0.892 bits per heavy atom. The van der Waals surface area contributed by atoms with Crippen LogP contribution < -0.4 is 14.3 Å². The molecule has 0 aliphatic rings. The van der Waals surface area contributed by atoms with Crippen molar-refractivity contribution in [2.45, 2.75) is 31.6 Å². The van der Waals surface area contributed by atoms with Crippen molar-refractivity contribution >= 4 is 66.2 Å². The van der Waals surface area contributed by atoms with Crippen molar-refractivity contribution in [1.29, 1.82) is 0 Å². The Labute approximate surface area is 227 Å². The van der Waals surface area contributed by atoms with Gasteiger partial charge in [0.2, 0.25) is 15.9 Å². The maximum atomic E-state index is 12.7. The zero-order chi connectivity index (χ0) is 27.4. The zero-order valence-electron chi connectivity index (χ0n) is 20.5. The first kappa shape index (κ1) is 28.8. The summed E-state index contributed by atoms with van der Waals surface area (Å²) < 4.78 is 53.7. The first-order valence-electron chi connectivity index (χ1n) is 11.2. The van der Waals surface area contributed by atoms with Crippen molar-refractivity contribution in [2.75, 3.05) is 27.1 Å².